The van der Waals surface area contributed by atoms with E-state index in [1.54, 1.807) is 29.9 Å². The van der Waals surface area contributed by atoms with Gasteiger partial charge in [-0.25, -0.2) is 0 Å². The van der Waals surface area contributed by atoms with Crippen LogP contribution in [0.25, 0.3) is 0 Å². The van der Waals surface area contributed by atoms with Crippen molar-refractivity contribution in [2.24, 2.45) is 5.92 Å². The van der Waals surface area contributed by atoms with Gasteiger partial charge in [-0.05, 0) is 86.9 Å². The van der Waals surface area contributed by atoms with Gasteiger partial charge in [-0.1, -0.05) is 49.4 Å². The lowest BCUT2D eigenvalue weighted by Gasteiger charge is -2.39. The summed E-state index contributed by atoms with van der Waals surface area (Å²) in [6, 6.07) is 23.2. The summed E-state index contributed by atoms with van der Waals surface area (Å²) in [7, 11) is -1.83. The van der Waals surface area contributed by atoms with Crippen LogP contribution in [0.15, 0.2) is 72.8 Å². The van der Waals surface area contributed by atoms with Gasteiger partial charge in [-0.2, -0.15) is 0 Å². The molecule has 2 N–H and O–H groups in total. The highest BCUT2D eigenvalue weighted by atomic mass is 28.4. The van der Waals surface area contributed by atoms with Crippen LogP contribution in [0.2, 0.25) is 18.6 Å². The number of hydrogen-bond donors (Lipinski definition) is 2. The van der Waals surface area contributed by atoms with Gasteiger partial charge in [0, 0.05) is 42.0 Å². The Morgan fingerprint density at radius 2 is 1.67 bits per heavy atom. The average molecular weight is 726 g/mol. The predicted molar refractivity (Wildman–Crippen MR) is 200 cm³/mol. The number of halogens is 1. The quantitative estimate of drug-likeness (QED) is 0.281. The minimum Gasteiger partial charge on any atom is -0.394 e. The molecule has 5 atom stereocenters. The van der Waals surface area contributed by atoms with Crippen LogP contribution in [0.5, 0.6) is 0 Å². The van der Waals surface area contributed by atoms with Crippen molar-refractivity contribution in [2.75, 3.05) is 48.1 Å². The number of benzene rings is 3. The van der Waals surface area contributed by atoms with Gasteiger partial charge in [-0.3, -0.25) is 19.3 Å². The Kier molecular flexibility index (Phi) is 8.60. The Morgan fingerprint density at radius 1 is 0.981 bits per heavy atom. The number of carbonyl (C=O) groups is 3. The number of nitrogens with zero attached hydrogens (tertiary/aromatic N) is 4. The third-order valence-corrected chi connectivity index (χ3v) is 15.0. The highest BCUT2D eigenvalue weighted by Crippen LogP contribution is 2.60. The minimum atomic E-state index is -3.53. The van der Waals surface area contributed by atoms with E-state index in [9.17, 15) is 19.5 Å². The number of para-hydroxylation sites is 1. The number of hydrogen-bond acceptors (Lipinski definition) is 7. The first-order valence-electron chi connectivity index (χ1n) is 18.5. The second kappa shape index (κ2) is 12.8. The molecule has 3 aromatic rings. The number of carbonyl (C=O) groups excluding carboxylic acids is 3. The first-order chi connectivity index (χ1) is 24.9. The van der Waals surface area contributed by atoms with Crippen molar-refractivity contribution >= 4 is 43.2 Å². The summed E-state index contributed by atoms with van der Waals surface area (Å²) in [5.74, 6) is -1.08. The van der Waals surface area contributed by atoms with Crippen molar-refractivity contribution in [3.8, 4) is 0 Å². The van der Waals surface area contributed by atoms with Gasteiger partial charge < -0.3 is 34.0 Å². The van der Waals surface area contributed by atoms with Crippen LogP contribution in [-0.2, 0) is 37.7 Å². The number of aliphatic hydroxyl groups excluding tert-OH is 1. The van der Waals surface area contributed by atoms with Crippen molar-refractivity contribution < 1.29 is 28.3 Å². The Morgan fingerprint density at radius 3 is 2.37 bits per heavy atom. The van der Waals surface area contributed by atoms with E-state index in [0.29, 0.717) is 49.4 Å². The molecule has 3 fully saturated rings. The second-order valence-electron chi connectivity index (χ2n) is 15.8. The standard InChI is InChI=1S/C40H48FN5O5Si/c1-26-36(52(3,4)41)34(22-35(48)44-23-28-11-9-8-10-27(28)20-31(44)24-47)51-40(26)32-21-30(14-15-33(32)43(2)38(40)50)45-25-46(29-12-6-5-7-13-29)39(37(45)49)16-18-42-19-17-39/h5-15,21,26,31,34,36,42,47H,16-20,22-25H2,1-4H3/t26-,31+,34+,36-,40+/m1/s1. The van der Waals surface area contributed by atoms with Crippen LogP contribution in [0.1, 0.15) is 42.9 Å². The molecule has 12 heteroatoms. The molecule has 3 saturated heterocycles. The molecule has 0 aromatic heterocycles. The summed E-state index contributed by atoms with van der Waals surface area (Å²) in [4.78, 5) is 50.5. The van der Waals surface area contributed by atoms with E-state index in [1.165, 1.54) is 0 Å². The SMILES string of the molecule is C[C@@H]1[C@@H]([Si](C)(C)F)[C@H](CC(=O)N2Cc3ccccc3C[C@H]2CO)O[C@@]12C(=O)N(C)c1ccc(N3CN(c4ccccc4)C4(CCNCC4)C3=O)cc12. The van der Waals surface area contributed by atoms with Crippen LogP contribution < -0.4 is 20.0 Å². The van der Waals surface area contributed by atoms with Crippen LogP contribution in [0, 0.1) is 5.92 Å². The molecular formula is C40H48FN5O5Si. The number of likely N-dealkylation sites (N-methyl/N-ethyl adjacent to an activating group) is 1. The maximum atomic E-state index is 16.6. The van der Waals surface area contributed by atoms with Crippen LogP contribution in [-0.4, -0.2) is 87.2 Å². The molecule has 0 unspecified atom stereocenters. The first kappa shape index (κ1) is 35.0. The van der Waals surface area contributed by atoms with Gasteiger partial charge in [0.2, 0.25) is 14.3 Å². The first-order valence-corrected chi connectivity index (χ1v) is 21.5. The van der Waals surface area contributed by atoms with Gasteiger partial charge in [-0.15, -0.1) is 0 Å². The predicted octanol–water partition coefficient (Wildman–Crippen LogP) is 4.71. The zero-order chi connectivity index (χ0) is 36.6. The lowest BCUT2D eigenvalue weighted by Crippen LogP contribution is -2.55. The van der Waals surface area contributed by atoms with Crippen molar-refractivity contribution in [1.82, 2.24) is 10.2 Å². The van der Waals surface area contributed by atoms with Crippen LogP contribution in [0.3, 0.4) is 0 Å². The van der Waals surface area contributed by atoms with Crippen LogP contribution >= 0.6 is 0 Å². The number of amides is 3. The molecule has 0 radical (unpaired) electrons. The third-order valence-electron chi connectivity index (χ3n) is 12.6. The Bertz CT molecular complexity index is 1900. The molecule has 10 nitrogen and oxygen atoms in total. The van der Waals surface area contributed by atoms with Crippen molar-refractivity contribution in [2.45, 2.75) is 81.1 Å². The molecule has 3 aromatic carbocycles. The Labute approximate surface area is 305 Å². The number of fused-ring (bicyclic) bond motifs is 3. The number of rotatable bonds is 6. The fraction of sp³-hybridized carbons (Fsp3) is 0.475. The highest BCUT2D eigenvalue weighted by Gasteiger charge is 2.67. The molecule has 0 aliphatic carbocycles. The summed E-state index contributed by atoms with van der Waals surface area (Å²) in [6.07, 6.45) is 0.916. The lowest BCUT2D eigenvalue weighted by atomic mass is 9.82. The number of aliphatic hydroxyl groups is 1. The fourth-order valence-corrected chi connectivity index (χ4v) is 12.5. The second-order valence-corrected chi connectivity index (χ2v) is 19.6. The Hall–Kier alpha value is -4.10. The molecule has 3 amide bonds. The van der Waals surface area contributed by atoms with Crippen molar-refractivity contribution in [1.29, 1.82) is 0 Å². The van der Waals surface area contributed by atoms with Gasteiger partial charge in [0.25, 0.3) is 11.8 Å². The van der Waals surface area contributed by atoms with E-state index >= 15 is 4.11 Å². The summed E-state index contributed by atoms with van der Waals surface area (Å²) in [5.41, 5.74) is 2.14. The lowest BCUT2D eigenvalue weighted by molar-refractivity contribution is -0.150. The normalized spacial score (nSPS) is 28.3. The van der Waals surface area contributed by atoms with E-state index in [0.717, 1.165) is 29.9 Å². The average Bonchev–Trinajstić information content (AvgIpc) is 3.68. The number of ether oxygens (including phenoxy) is 1. The smallest absolute Gasteiger partial charge is 0.264 e. The molecule has 274 valence electrons. The summed E-state index contributed by atoms with van der Waals surface area (Å²) >= 11 is 0. The Balaban J connectivity index is 1.15. The molecule has 5 aliphatic rings. The maximum Gasteiger partial charge on any atom is 0.264 e. The molecule has 0 bridgehead atoms. The largest absolute Gasteiger partial charge is 0.394 e. The third kappa shape index (κ3) is 5.24. The molecular weight excluding hydrogens is 678 g/mol. The van der Waals surface area contributed by atoms with E-state index < -0.39 is 43.2 Å². The summed E-state index contributed by atoms with van der Waals surface area (Å²) < 4.78 is 23.4. The molecule has 52 heavy (non-hydrogen) atoms. The van der Waals surface area contributed by atoms with E-state index in [-0.39, 0.29) is 30.7 Å². The van der Waals surface area contributed by atoms with E-state index in [1.807, 2.05) is 84.6 Å². The molecule has 5 aliphatic heterocycles. The van der Waals surface area contributed by atoms with Crippen LogP contribution in [0.4, 0.5) is 21.2 Å². The summed E-state index contributed by atoms with van der Waals surface area (Å²) in [6.45, 7) is 7.11. The molecule has 8 rings (SSSR count). The summed E-state index contributed by atoms with van der Waals surface area (Å²) in [5, 5.41) is 13.7. The van der Waals surface area contributed by atoms with E-state index in [2.05, 4.69) is 10.2 Å². The highest BCUT2D eigenvalue weighted by molar-refractivity contribution is 6.72. The number of piperidine rings is 1. The van der Waals surface area contributed by atoms with Crippen molar-refractivity contribution in [3.05, 3.63) is 89.5 Å². The van der Waals surface area contributed by atoms with E-state index in [4.69, 9.17) is 4.74 Å². The number of anilines is 3. The van der Waals surface area contributed by atoms with Crippen molar-refractivity contribution in [3.63, 3.8) is 0 Å². The zero-order valence-corrected chi connectivity index (χ0v) is 31.3. The monoisotopic (exact) mass is 725 g/mol. The van der Waals surface area contributed by atoms with Gasteiger partial charge >= 0.3 is 0 Å². The number of nitrogens with one attached hydrogen (secondary N) is 1. The molecule has 0 saturated carbocycles. The van der Waals surface area contributed by atoms with Gasteiger partial charge in [0.05, 0.1) is 37.5 Å². The molecule has 5 heterocycles. The fourth-order valence-electron chi connectivity index (χ4n) is 10.0. The topological polar surface area (TPSA) is 106 Å². The van der Waals surface area contributed by atoms with Gasteiger partial charge in [0.1, 0.15) is 5.54 Å². The maximum absolute atomic E-state index is 16.6. The zero-order valence-electron chi connectivity index (χ0n) is 30.3. The molecule has 2 spiro atoms. The minimum absolute atomic E-state index is 0.0186. The van der Waals surface area contributed by atoms with Gasteiger partial charge in [0.15, 0.2) is 5.60 Å².